The zero-order valence-corrected chi connectivity index (χ0v) is 13.0. The third kappa shape index (κ3) is 3.56. The smallest absolute Gasteiger partial charge is 0.259 e. The molecule has 2 N–H and O–H groups in total. The van der Waals surface area contributed by atoms with Crippen LogP contribution >= 0.6 is 11.6 Å². The molecule has 0 saturated carbocycles. The van der Waals surface area contributed by atoms with Gasteiger partial charge in [0, 0.05) is 10.7 Å². The van der Waals surface area contributed by atoms with Crippen LogP contribution < -0.4 is 5.32 Å². The molecular formula is C17H18ClNO2. The summed E-state index contributed by atoms with van der Waals surface area (Å²) in [5.74, 6) is -0.475. The van der Waals surface area contributed by atoms with Gasteiger partial charge < -0.3 is 10.4 Å². The molecule has 0 heterocycles. The normalized spacial score (nSPS) is 11.2. The van der Waals surface area contributed by atoms with Gasteiger partial charge in [0.25, 0.3) is 5.91 Å². The molecule has 0 aliphatic heterocycles. The Kier molecular flexibility index (Phi) is 4.24. The first kappa shape index (κ1) is 15.4. The predicted octanol–water partition coefficient (Wildman–Crippen LogP) is 4.60. The highest BCUT2D eigenvalue weighted by atomic mass is 35.5. The molecule has 0 aliphatic rings. The van der Waals surface area contributed by atoms with E-state index in [1.54, 1.807) is 0 Å². The van der Waals surface area contributed by atoms with Crippen molar-refractivity contribution in [3.63, 3.8) is 0 Å². The molecule has 0 aromatic heterocycles. The van der Waals surface area contributed by atoms with Gasteiger partial charge in [-0.15, -0.1) is 0 Å². The van der Waals surface area contributed by atoms with Gasteiger partial charge in [-0.05, 0) is 35.2 Å². The van der Waals surface area contributed by atoms with E-state index in [0.29, 0.717) is 5.02 Å². The standard InChI is InChI=1S/C17H18ClNO2/c1-17(2,3)13-6-4-5-7-14(13)19-16(21)12-10-11(18)8-9-15(12)20/h4-10,20H,1-3H3,(H,19,21). The molecular weight excluding hydrogens is 286 g/mol. The number of nitrogens with one attached hydrogen (secondary N) is 1. The molecule has 1 amide bonds. The van der Waals surface area contributed by atoms with Gasteiger partial charge in [-0.3, -0.25) is 4.79 Å². The van der Waals surface area contributed by atoms with E-state index in [-0.39, 0.29) is 22.6 Å². The van der Waals surface area contributed by atoms with Gasteiger partial charge in [-0.25, -0.2) is 0 Å². The largest absolute Gasteiger partial charge is 0.507 e. The molecule has 3 nitrogen and oxygen atoms in total. The number of aromatic hydroxyl groups is 1. The number of halogens is 1. The molecule has 0 radical (unpaired) electrons. The second kappa shape index (κ2) is 5.78. The average Bonchev–Trinajstić information content (AvgIpc) is 2.41. The van der Waals surface area contributed by atoms with Gasteiger partial charge >= 0.3 is 0 Å². The van der Waals surface area contributed by atoms with Crippen LogP contribution in [0.1, 0.15) is 36.7 Å². The summed E-state index contributed by atoms with van der Waals surface area (Å²) in [6, 6.07) is 12.0. The molecule has 2 aromatic carbocycles. The lowest BCUT2D eigenvalue weighted by Gasteiger charge is -2.23. The number of carbonyl (C=O) groups is 1. The van der Waals surface area contributed by atoms with Gasteiger partial charge in [-0.1, -0.05) is 50.6 Å². The Morgan fingerprint density at radius 2 is 1.81 bits per heavy atom. The zero-order valence-electron chi connectivity index (χ0n) is 12.3. The third-order valence-electron chi connectivity index (χ3n) is 3.19. The highest BCUT2D eigenvalue weighted by Crippen LogP contribution is 2.30. The van der Waals surface area contributed by atoms with Gasteiger partial charge in [0.05, 0.1) is 5.56 Å². The van der Waals surface area contributed by atoms with Crippen molar-refractivity contribution < 1.29 is 9.90 Å². The van der Waals surface area contributed by atoms with E-state index in [1.807, 2.05) is 24.3 Å². The van der Waals surface area contributed by atoms with Gasteiger partial charge in [0.1, 0.15) is 5.75 Å². The van der Waals surface area contributed by atoms with Crippen LogP contribution in [0.25, 0.3) is 0 Å². The monoisotopic (exact) mass is 303 g/mol. The van der Waals surface area contributed by atoms with Crippen LogP contribution in [0, 0.1) is 0 Å². The van der Waals surface area contributed by atoms with Crippen molar-refractivity contribution in [2.45, 2.75) is 26.2 Å². The first-order chi connectivity index (χ1) is 9.79. The van der Waals surface area contributed by atoms with Crippen molar-refractivity contribution in [3.8, 4) is 5.75 Å². The first-order valence-corrected chi connectivity index (χ1v) is 7.06. The molecule has 21 heavy (non-hydrogen) atoms. The van der Waals surface area contributed by atoms with Crippen molar-refractivity contribution >= 4 is 23.2 Å². The van der Waals surface area contributed by atoms with E-state index in [4.69, 9.17) is 11.6 Å². The lowest BCUT2D eigenvalue weighted by Crippen LogP contribution is -2.18. The second-order valence-corrected chi connectivity index (χ2v) is 6.35. The van der Waals surface area contributed by atoms with Crippen molar-refractivity contribution in [1.29, 1.82) is 0 Å². The molecule has 0 atom stereocenters. The van der Waals surface area contributed by atoms with Crippen LogP contribution in [0.2, 0.25) is 5.02 Å². The molecule has 0 aliphatic carbocycles. The van der Waals surface area contributed by atoms with Crippen molar-refractivity contribution in [3.05, 3.63) is 58.6 Å². The molecule has 0 unspecified atom stereocenters. The molecule has 0 saturated heterocycles. The van der Waals surface area contributed by atoms with Crippen LogP contribution in [0.3, 0.4) is 0 Å². The number of anilines is 1. The summed E-state index contributed by atoms with van der Waals surface area (Å²) >= 11 is 5.88. The van der Waals surface area contributed by atoms with E-state index < -0.39 is 0 Å². The van der Waals surface area contributed by atoms with E-state index in [2.05, 4.69) is 26.1 Å². The molecule has 2 rings (SSSR count). The minimum absolute atomic E-state index is 0.0925. The summed E-state index contributed by atoms with van der Waals surface area (Å²) in [4.78, 5) is 12.3. The fourth-order valence-corrected chi connectivity index (χ4v) is 2.30. The van der Waals surface area contributed by atoms with Gasteiger partial charge in [-0.2, -0.15) is 0 Å². The summed E-state index contributed by atoms with van der Waals surface area (Å²) < 4.78 is 0. The van der Waals surface area contributed by atoms with Crippen molar-refractivity contribution in [2.24, 2.45) is 0 Å². The van der Waals surface area contributed by atoms with Crippen LogP contribution in [0.15, 0.2) is 42.5 Å². The first-order valence-electron chi connectivity index (χ1n) is 6.68. The summed E-state index contributed by atoms with van der Waals surface area (Å²) in [7, 11) is 0. The molecule has 0 spiro atoms. The Bertz CT molecular complexity index is 675. The Labute approximate surface area is 129 Å². The Morgan fingerprint density at radius 1 is 1.14 bits per heavy atom. The van der Waals surface area contributed by atoms with E-state index in [0.717, 1.165) is 11.3 Å². The second-order valence-electron chi connectivity index (χ2n) is 5.91. The number of carbonyl (C=O) groups excluding carboxylic acids is 1. The number of para-hydroxylation sites is 1. The molecule has 2 aromatic rings. The maximum Gasteiger partial charge on any atom is 0.259 e. The summed E-state index contributed by atoms with van der Waals surface area (Å²) in [6.07, 6.45) is 0. The summed E-state index contributed by atoms with van der Waals surface area (Å²) in [5, 5.41) is 13.0. The highest BCUT2D eigenvalue weighted by Gasteiger charge is 2.20. The van der Waals surface area contributed by atoms with Crippen LogP contribution in [0.5, 0.6) is 5.75 Å². The topological polar surface area (TPSA) is 49.3 Å². The zero-order chi connectivity index (χ0) is 15.6. The number of hydrogen-bond donors (Lipinski definition) is 2. The quantitative estimate of drug-likeness (QED) is 0.852. The predicted molar refractivity (Wildman–Crippen MR) is 86.2 cm³/mol. The maximum absolute atomic E-state index is 12.3. The molecule has 110 valence electrons. The fraction of sp³-hybridized carbons (Fsp3) is 0.235. The number of amides is 1. The van der Waals surface area contributed by atoms with Gasteiger partial charge in [0.15, 0.2) is 0 Å². The number of rotatable bonds is 2. The van der Waals surface area contributed by atoms with E-state index in [1.165, 1.54) is 18.2 Å². The highest BCUT2D eigenvalue weighted by molar-refractivity contribution is 6.31. The molecule has 4 heteroatoms. The average molecular weight is 304 g/mol. The fourth-order valence-electron chi connectivity index (χ4n) is 2.13. The van der Waals surface area contributed by atoms with Crippen LogP contribution in [0.4, 0.5) is 5.69 Å². The molecule has 0 fully saturated rings. The van der Waals surface area contributed by atoms with Crippen LogP contribution in [-0.2, 0) is 5.41 Å². The Balaban J connectivity index is 2.35. The summed E-state index contributed by atoms with van der Waals surface area (Å²) in [6.45, 7) is 6.23. The van der Waals surface area contributed by atoms with E-state index in [9.17, 15) is 9.90 Å². The number of benzene rings is 2. The lowest BCUT2D eigenvalue weighted by atomic mass is 9.86. The molecule has 0 bridgehead atoms. The minimum atomic E-state index is -0.383. The van der Waals surface area contributed by atoms with Crippen molar-refractivity contribution in [1.82, 2.24) is 0 Å². The van der Waals surface area contributed by atoms with Gasteiger partial charge in [0.2, 0.25) is 0 Å². The minimum Gasteiger partial charge on any atom is -0.507 e. The Morgan fingerprint density at radius 3 is 2.48 bits per heavy atom. The number of phenolic OH excluding ortho intramolecular Hbond substituents is 1. The Hall–Kier alpha value is -2.00. The SMILES string of the molecule is CC(C)(C)c1ccccc1NC(=O)c1cc(Cl)ccc1O. The van der Waals surface area contributed by atoms with E-state index >= 15 is 0 Å². The number of phenols is 1. The number of hydrogen-bond acceptors (Lipinski definition) is 2. The lowest BCUT2D eigenvalue weighted by molar-refractivity contribution is 0.102. The third-order valence-corrected chi connectivity index (χ3v) is 3.42. The van der Waals surface area contributed by atoms with Crippen LogP contribution in [-0.4, -0.2) is 11.0 Å². The van der Waals surface area contributed by atoms with Crippen molar-refractivity contribution in [2.75, 3.05) is 5.32 Å². The summed E-state index contributed by atoms with van der Waals surface area (Å²) in [5.41, 5.74) is 1.82. The maximum atomic E-state index is 12.3.